The van der Waals surface area contributed by atoms with Crippen LogP contribution in [0.25, 0.3) is 0 Å². The summed E-state index contributed by atoms with van der Waals surface area (Å²) < 4.78 is 5.79. The van der Waals surface area contributed by atoms with Gasteiger partial charge in [0.25, 0.3) is 0 Å². The van der Waals surface area contributed by atoms with Crippen LogP contribution < -0.4 is 5.32 Å². The molecule has 0 fully saturated rings. The van der Waals surface area contributed by atoms with E-state index in [0.29, 0.717) is 19.7 Å². The summed E-state index contributed by atoms with van der Waals surface area (Å²) in [6.07, 6.45) is -0.680. The third-order valence-corrected chi connectivity index (χ3v) is 2.86. The van der Waals surface area contributed by atoms with Crippen molar-refractivity contribution in [3.05, 3.63) is 34.3 Å². The average Bonchev–Trinajstić information content (AvgIpc) is 2.32. The van der Waals surface area contributed by atoms with Gasteiger partial charge in [-0.3, -0.25) is 4.79 Å². The van der Waals surface area contributed by atoms with E-state index in [4.69, 9.17) is 4.74 Å². The van der Waals surface area contributed by atoms with Crippen molar-refractivity contribution in [3.8, 4) is 0 Å². The summed E-state index contributed by atoms with van der Waals surface area (Å²) in [7, 11) is 0. The molecule has 4 nitrogen and oxygen atoms in total. The Bertz CT molecular complexity index is 367. The third kappa shape index (κ3) is 6.14. The lowest BCUT2D eigenvalue weighted by molar-refractivity contribution is -0.145. The van der Waals surface area contributed by atoms with Gasteiger partial charge in [0.1, 0.15) is 0 Å². The number of nitrogens with one attached hydrogen (secondary N) is 1. The Morgan fingerprint density at radius 1 is 1.44 bits per heavy atom. The molecule has 1 atom stereocenters. The summed E-state index contributed by atoms with van der Waals surface area (Å²) in [6.45, 7) is 3.12. The van der Waals surface area contributed by atoms with Crippen LogP contribution >= 0.6 is 15.9 Å². The molecule has 1 unspecified atom stereocenters. The van der Waals surface area contributed by atoms with Gasteiger partial charge in [-0.1, -0.05) is 28.1 Å². The van der Waals surface area contributed by atoms with Crippen LogP contribution in [0.4, 0.5) is 0 Å². The van der Waals surface area contributed by atoms with Crippen LogP contribution in [0, 0.1) is 0 Å². The molecule has 0 amide bonds. The molecule has 1 aromatic rings. The summed E-state index contributed by atoms with van der Waals surface area (Å²) >= 11 is 3.37. The molecule has 0 saturated carbocycles. The first-order valence-electron chi connectivity index (χ1n) is 5.90. The summed E-state index contributed by atoms with van der Waals surface area (Å²) in [5.74, 6) is -0.365. The fraction of sp³-hybridized carbons (Fsp3) is 0.462. The summed E-state index contributed by atoms with van der Waals surface area (Å²) in [5, 5.41) is 12.7. The zero-order valence-corrected chi connectivity index (χ0v) is 11.9. The predicted octanol–water partition coefficient (Wildman–Crippen LogP) is 1.85. The minimum Gasteiger partial charge on any atom is -0.466 e. The maximum atomic E-state index is 11.1. The van der Waals surface area contributed by atoms with E-state index >= 15 is 0 Å². The van der Waals surface area contributed by atoms with Crippen molar-refractivity contribution in [1.29, 1.82) is 0 Å². The summed E-state index contributed by atoms with van der Waals surface area (Å²) in [4.78, 5) is 11.1. The van der Waals surface area contributed by atoms with E-state index in [0.717, 1.165) is 10.0 Å². The van der Waals surface area contributed by atoms with E-state index in [-0.39, 0.29) is 12.4 Å². The van der Waals surface area contributed by atoms with Crippen LogP contribution in [0.2, 0.25) is 0 Å². The first-order valence-corrected chi connectivity index (χ1v) is 6.70. The third-order valence-electron chi connectivity index (χ3n) is 2.33. The summed E-state index contributed by atoms with van der Waals surface area (Å²) in [6, 6.07) is 7.92. The molecule has 0 heterocycles. The largest absolute Gasteiger partial charge is 0.466 e. The Hall–Kier alpha value is -0.910. The molecule has 0 aliphatic heterocycles. The predicted molar refractivity (Wildman–Crippen MR) is 73.1 cm³/mol. The SMILES string of the molecule is CCOC(=O)CC(O)CNCc1ccc(Br)cc1. The molecule has 0 aromatic heterocycles. The van der Waals surface area contributed by atoms with E-state index in [1.165, 1.54) is 0 Å². The maximum Gasteiger partial charge on any atom is 0.308 e. The van der Waals surface area contributed by atoms with E-state index < -0.39 is 6.10 Å². The van der Waals surface area contributed by atoms with Gasteiger partial charge in [0.2, 0.25) is 0 Å². The minimum atomic E-state index is -0.709. The zero-order chi connectivity index (χ0) is 13.4. The van der Waals surface area contributed by atoms with Gasteiger partial charge in [-0.05, 0) is 24.6 Å². The molecule has 18 heavy (non-hydrogen) atoms. The molecule has 1 rings (SSSR count). The van der Waals surface area contributed by atoms with Gasteiger partial charge < -0.3 is 15.2 Å². The molecule has 0 aliphatic rings. The minimum absolute atomic E-state index is 0.0289. The molecule has 1 aromatic carbocycles. The smallest absolute Gasteiger partial charge is 0.308 e. The fourth-order valence-corrected chi connectivity index (χ4v) is 1.73. The van der Waals surface area contributed by atoms with Crippen molar-refractivity contribution < 1.29 is 14.6 Å². The van der Waals surface area contributed by atoms with Crippen molar-refractivity contribution in [3.63, 3.8) is 0 Å². The first-order chi connectivity index (χ1) is 8.61. The standard InChI is InChI=1S/C13H18BrNO3/c1-2-18-13(17)7-12(16)9-15-8-10-3-5-11(14)6-4-10/h3-6,12,15-16H,2,7-9H2,1H3. The molecule has 0 bridgehead atoms. The zero-order valence-electron chi connectivity index (χ0n) is 10.4. The van der Waals surface area contributed by atoms with Crippen LogP contribution in [-0.2, 0) is 16.1 Å². The van der Waals surface area contributed by atoms with Gasteiger partial charge in [-0.15, -0.1) is 0 Å². The van der Waals surface area contributed by atoms with E-state index in [1.54, 1.807) is 6.92 Å². The molecule has 0 spiro atoms. The number of hydrogen-bond acceptors (Lipinski definition) is 4. The Balaban J connectivity index is 2.21. The van der Waals surface area contributed by atoms with Crippen molar-refractivity contribution in [2.45, 2.75) is 26.0 Å². The normalized spacial score (nSPS) is 12.2. The van der Waals surface area contributed by atoms with Crippen molar-refractivity contribution in [2.75, 3.05) is 13.2 Å². The molecular formula is C13H18BrNO3. The number of benzene rings is 1. The van der Waals surface area contributed by atoms with Gasteiger partial charge in [0.05, 0.1) is 19.1 Å². The number of aliphatic hydroxyl groups is 1. The van der Waals surface area contributed by atoms with Crippen LogP contribution in [0.3, 0.4) is 0 Å². The van der Waals surface area contributed by atoms with Gasteiger partial charge in [0.15, 0.2) is 0 Å². The second kappa shape index (κ2) is 8.24. The highest BCUT2D eigenvalue weighted by Gasteiger charge is 2.10. The van der Waals surface area contributed by atoms with Crippen molar-refractivity contribution in [1.82, 2.24) is 5.32 Å². The van der Waals surface area contributed by atoms with Crippen molar-refractivity contribution >= 4 is 21.9 Å². The van der Waals surface area contributed by atoms with Crippen LogP contribution in [0.1, 0.15) is 18.9 Å². The number of rotatable bonds is 7. The van der Waals surface area contributed by atoms with Crippen LogP contribution in [0.5, 0.6) is 0 Å². The quantitative estimate of drug-likeness (QED) is 0.754. The molecule has 2 N–H and O–H groups in total. The second-order valence-corrected chi connectivity index (χ2v) is 4.84. The highest BCUT2D eigenvalue weighted by molar-refractivity contribution is 9.10. The first kappa shape index (κ1) is 15.1. The molecular weight excluding hydrogens is 298 g/mol. The Kier molecular flexibility index (Phi) is 6.93. The van der Waals surface area contributed by atoms with E-state index in [2.05, 4.69) is 21.2 Å². The van der Waals surface area contributed by atoms with Gasteiger partial charge in [-0.2, -0.15) is 0 Å². The summed E-state index contributed by atoms with van der Waals surface area (Å²) in [5.41, 5.74) is 1.13. The van der Waals surface area contributed by atoms with Crippen molar-refractivity contribution in [2.24, 2.45) is 0 Å². The van der Waals surface area contributed by atoms with E-state index in [1.807, 2.05) is 24.3 Å². The van der Waals surface area contributed by atoms with Gasteiger partial charge in [-0.25, -0.2) is 0 Å². The average molecular weight is 316 g/mol. The molecule has 0 radical (unpaired) electrons. The Labute approximate surface area is 115 Å². The lowest BCUT2D eigenvalue weighted by atomic mass is 10.2. The second-order valence-electron chi connectivity index (χ2n) is 3.92. The Morgan fingerprint density at radius 3 is 2.72 bits per heavy atom. The Morgan fingerprint density at radius 2 is 2.11 bits per heavy atom. The molecule has 5 heteroatoms. The molecule has 100 valence electrons. The number of esters is 1. The fourth-order valence-electron chi connectivity index (χ4n) is 1.47. The maximum absolute atomic E-state index is 11.1. The van der Waals surface area contributed by atoms with Crippen LogP contribution in [-0.4, -0.2) is 30.3 Å². The number of aliphatic hydroxyl groups excluding tert-OH is 1. The lowest BCUT2D eigenvalue weighted by Gasteiger charge is -2.11. The van der Waals surface area contributed by atoms with E-state index in [9.17, 15) is 9.90 Å². The molecule has 0 saturated heterocycles. The molecule has 0 aliphatic carbocycles. The highest BCUT2D eigenvalue weighted by atomic mass is 79.9. The number of carbonyl (C=O) groups is 1. The number of ether oxygens (including phenoxy) is 1. The number of halogens is 1. The topological polar surface area (TPSA) is 58.6 Å². The monoisotopic (exact) mass is 315 g/mol. The van der Waals surface area contributed by atoms with Gasteiger partial charge >= 0.3 is 5.97 Å². The lowest BCUT2D eigenvalue weighted by Crippen LogP contribution is -2.29. The van der Waals surface area contributed by atoms with Gasteiger partial charge in [0, 0.05) is 17.6 Å². The number of hydrogen-bond donors (Lipinski definition) is 2. The van der Waals surface area contributed by atoms with Crippen LogP contribution in [0.15, 0.2) is 28.7 Å². The number of carbonyl (C=O) groups excluding carboxylic acids is 1. The highest BCUT2D eigenvalue weighted by Crippen LogP contribution is 2.10.